The number of aryl methyl sites for hydroxylation is 2. The van der Waals surface area contributed by atoms with Gasteiger partial charge in [-0.1, -0.05) is 6.07 Å². The zero-order valence-corrected chi connectivity index (χ0v) is 19.4. The summed E-state index contributed by atoms with van der Waals surface area (Å²) in [5.74, 6) is 0.594. The minimum Gasteiger partial charge on any atom is -0.495 e. The molecular weight excluding hydrogens is 442 g/mol. The molecule has 0 unspecified atom stereocenters. The zero-order chi connectivity index (χ0) is 23.6. The van der Waals surface area contributed by atoms with Gasteiger partial charge < -0.3 is 15.0 Å². The van der Waals surface area contributed by atoms with Gasteiger partial charge in [-0.3, -0.25) is 9.52 Å². The molecule has 2 aromatic carbocycles. The normalized spacial score (nSPS) is 13.8. The van der Waals surface area contributed by atoms with Crippen molar-refractivity contribution in [3.05, 3.63) is 59.9 Å². The molecule has 10 heteroatoms. The Hall–Kier alpha value is -3.66. The van der Waals surface area contributed by atoms with E-state index in [1.807, 2.05) is 19.9 Å². The molecule has 9 nitrogen and oxygen atoms in total. The Morgan fingerprint density at radius 1 is 1.00 bits per heavy atom. The van der Waals surface area contributed by atoms with E-state index in [0.717, 1.165) is 17.8 Å². The minimum atomic E-state index is -4.00. The highest BCUT2D eigenvalue weighted by Gasteiger charge is 2.26. The van der Waals surface area contributed by atoms with Gasteiger partial charge in [0, 0.05) is 35.7 Å². The van der Waals surface area contributed by atoms with Crippen molar-refractivity contribution in [3.63, 3.8) is 0 Å². The summed E-state index contributed by atoms with van der Waals surface area (Å²) in [7, 11) is -2.59. The first-order chi connectivity index (χ1) is 15.7. The number of nitrogens with zero attached hydrogens (tertiary/aromatic N) is 3. The average Bonchev–Trinajstić information content (AvgIpc) is 3.18. The van der Waals surface area contributed by atoms with Gasteiger partial charge in [-0.05, 0) is 62.7 Å². The topological polar surface area (TPSA) is 114 Å². The second kappa shape index (κ2) is 9.07. The molecule has 1 aromatic heterocycles. The van der Waals surface area contributed by atoms with Gasteiger partial charge >= 0.3 is 0 Å². The lowest BCUT2D eigenvalue weighted by Crippen LogP contribution is -2.24. The number of ether oxygens (including phenoxy) is 1. The van der Waals surface area contributed by atoms with Gasteiger partial charge in [0.2, 0.25) is 11.9 Å². The van der Waals surface area contributed by atoms with Crippen molar-refractivity contribution in [1.82, 2.24) is 9.97 Å². The second-order valence-electron chi connectivity index (χ2n) is 7.77. The monoisotopic (exact) mass is 467 g/mol. The molecular formula is C23H25N5O4S. The Morgan fingerprint density at radius 3 is 2.39 bits per heavy atom. The second-order valence-corrected chi connectivity index (χ2v) is 9.42. The summed E-state index contributed by atoms with van der Waals surface area (Å²) in [5, 5.41) is 3.10. The Labute approximate surface area is 192 Å². The highest BCUT2D eigenvalue weighted by atomic mass is 32.2. The molecule has 1 saturated heterocycles. The van der Waals surface area contributed by atoms with Gasteiger partial charge in [0.25, 0.3) is 10.0 Å². The number of hydrogen-bond donors (Lipinski definition) is 2. The maximum atomic E-state index is 13.2. The SMILES string of the molecule is COc1ccc(N2CCCC2=O)cc1S(=O)(=O)Nc1cccc(Nc2nc(C)cc(C)n2)c1. The lowest BCUT2D eigenvalue weighted by atomic mass is 10.3. The summed E-state index contributed by atoms with van der Waals surface area (Å²) in [4.78, 5) is 22.4. The molecule has 1 aliphatic heterocycles. The first-order valence-electron chi connectivity index (χ1n) is 10.5. The zero-order valence-electron chi connectivity index (χ0n) is 18.6. The highest BCUT2D eigenvalue weighted by Crippen LogP contribution is 2.32. The van der Waals surface area contributed by atoms with E-state index >= 15 is 0 Å². The Kier molecular flexibility index (Phi) is 6.19. The molecule has 0 spiro atoms. The van der Waals surface area contributed by atoms with Crippen molar-refractivity contribution in [2.24, 2.45) is 0 Å². The van der Waals surface area contributed by atoms with Crippen molar-refractivity contribution < 1.29 is 17.9 Å². The first-order valence-corrected chi connectivity index (χ1v) is 11.9. The fourth-order valence-corrected chi connectivity index (χ4v) is 4.99. The van der Waals surface area contributed by atoms with Crippen molar-refractivity contribution in [3.8, 4) is 5.75 Å². The average molecular weight is 468 g/mol. The largest absolute Gasteiger partial charge is 0.495 e. The van der Waals surface area contributed by atoms with E-state index in [2.05, 4.69) is 20.0 Å². The smallest absolute Gasteiger partial charge is 0.265 e. The van der Waals surface area contributed by atoms with E-state index in [0.29, 0.717) is 36.0 Å². The molecule has 33 heavy (non-hydrogen) atoms. The standard InChI is InChI=1S/C23H25N5O4S/c1-15-12-16(2)25-23(24-15)26-17-6-4-7-18(13-17)27-33(30,31)21-14-19(9-10-20(21)32-3)28-11-5-8-22(28)29/h4,6-7,9-10,12-14,27H,5,8,11H2,1-3H3,(H,24,25,26). The summed E-state index contributed by atoms with van der Waals surface area (Å²) < 4.78 is 34.4. The van der Waals surface area contributed by atoms with Crippen LogP contribution in [0.5, 0.6) is 5.75 Å². The molecule has 4 rings (SSSR count). The molecule has 0 saturated carbocycles. The molecule has 2 heterocycles. The predicted octanol–water partition coefficient (Wildman–Crippen LogP) is 3.77. The number of carbonyl (C=O) groups is 1. The van der Waals surface area contributed by atoms with Crippen molar-refractivity contribution in [1.29, 1.82) is 0 Å². The third-order valence-electron chi connectivity index (χ3n) is 5.18. The van der Waals surface area contributed by atoms with Crippen molar-refractivity contribution in [2.45, 2.75) is 31.6 Å². The third-order valence-corrected chi connectivity index (χ3v) is 6.58. The van der Waals surface area contributed by atoms with Crippen LogP contribution < -0.4 is 19.7 Å². The summed E-state index contributed by atoms with van der Waals surface area (Å²) in [5.41, 5.74) is 3.16. The molecule has 0 atom stereocenters. The number of carbonyl (C=O) groups excluding carboxylic acids is 1. The number of aromatic nitrogens is 2. The van der Waals surface area contributed by atoms with Crippen LogP contribution in [0, 0.1) is 13.8 Å². The highest BCUT2D eigenvalue weighted by molar-refractivity contribution is 7.92. The van der Waals surface area contributed by atoms with Crippen LogP contribution in [-0.2, 0) is 14.8 Å². The van der Waals surface area contributed by atoms with Crippen molar-refractivity contribution in [2.75, 3.05) is 28.6 Å². The fraction of sp³-hybridized carbons (Fsp3) is 0.261. The van der Waals surface area contributed by atoms with Gasteiger partial charge in [0.05, 0.1) is 12.8 Å². The Bertz CT molecular complexity index is 1290. The summed E-state index contributed by atoms with van der Waals surface area (Å²) in [6.45, 7) is 4.32. The van der Waals surface area contributed by atoms with E-state index in [4.69, 9.17) is 4.74 Å². The van der Waals surface area contributed by atoms with Crippen LogP contribution in [-0.4, -0.2) is 37.9 Å². The number of nitrogens with one attached hydrogen (secondary N) is 2. The molecule has 2 N–H and O–H groups in total. The Balaban J connectivity index is 1.61. The minimum absolute atomic E-state index is 0.0242. The predicted molar refractivity (Wildman–Crippen MR) is 127 cm³/mol. The lowest BCUT2D eigenvalue weighted by molar-refractivity contribution is -0.117. The maximum absolute atomic E-state index is 13.2. The number of sulfonamides is 1. The van der Waals surface area contributed by atoms with Gasteiger partial charge in [-0.2, -0.15) is 0 Å². The number of anilines is 4. The lowest BCUT2D eigenvalue weighted by Gasteiger charge is -2.19. The molecule has 172 valence electrons. The third kappa shape index (κ3) is 5.06. The summed E-state index contributed by atoms with van der Waals surface area (Å²) >= 11 is 0. The summed E-state index contributed by atoms with van der Waals surface area (Å²) in [6.07, 6.45) is 1.20. The van der Waals surface area contributed by atoms with Crippen LogP contribution in [0.3, 0.4) is 0 Å². The summed E-state index contributed by atoms with van der Waals surface area (Å²) in [6, 6.07) is 13.4. The molecule has 3 aromatic rings. The molecule has 0 radical (unpaired) electrons. The molecule has 1 fully saturated rings. The number of benzene rings is 2. The Morgan fingerprint density at radius 2 is 1.73 bits per heavy atom. The molecule has 1 amide bonds. The van der Waals surface area contributed by atoms with Crippen LogP contribution in [0.1, 0.15) is 24.2 Å². The molecule has 0 aliphatic carbocycles. The van der Waals surface area contributed by atoms with Gasteiger partial charge in [0.15, 0.2) is 0 Å². The van der Waals surface area contributed by atoms with E-state index < -0.39 is 10.0 Å². The number of rotatable bonds is 7. The van der Waals surface area contributed by atoms with Gasteiger partial charge in [-0.25, -0.2) is 18.4 Å². The molecule has 0 bridgehead atoms. The molecule has 1 aliphatic rings. The van der Waals surface area contributed by atoms with E-state index in [1.165, 1.54) is 13.2 Å². The number of hydrogen-bond acceptors (Lipinski definition) is 7. The first kappa shape index (κ1) is 22.5. The van der Waals surface area contributed by atoms with E-state index in [-0.39, 0.29) is 16.6 Å². The van der Waals surface area contributed by atoms with Gasteiger partial charge in [-0.15, -0.1) is 0 Å². The van der Waals surface area contributed by atoms with E-state index in [1.54, 1.807) is 41.3 Å². The fourth-order valence-electron chi connectivity index (χ4n) is 3.75. The van der Waals surface area contributed by atoms with Crippen LogP contribution in [0.25, 0.3) is 0 Å². The van der Waals surface area contributed by atoms with E-state index in [9.17, 15) is 13.2 Å². The van der Waals surface area contributed by atoms with Crippen LogP contribution in [0.15, 0.2) is 53.4 Å². The van der Waals surface area contributed by atoms with Crippen LogP contribution in [0.2, 0.25) is 0 Å². The van der Waals surface area contributed by atoms with Crippen LogP contribution in [0.4, 0.5) is 23.0 Å². The van der Waals surface area contributed by atoms with Gasteiger partial charge in [0.1, 0.15) is 10.6 Å². The number of methoxy groups -OCH3 is 1. The maximum Gasteiger partial charge on any atom is 0.265 e. The van der Waals surface area contributed by atoms with Crippen molar-refractivity contribution >= 4 is 38.9 Å². The number of amides is 1. The van der Waals surface area contributed by atoms with Crippen LogP contribution >= 0.6 is 0 Å². The quantitative estimate of drug-likeness (QED) is 0.544.